The van der Waals surface area contributed by atoms with Gasteiger partial charge in [-0.1, -0.05) is 22.0 Å². The number of rotatable bonds is 3. The average Bonchev–Trinajstić information content (AvgIpc) is 2.59. The molecule has 0 radical (unpaired) electrons. The van der Waals surface area contributed by atoms with E-state index in [0.717, 1.165) is 28.3 Å². The molecule has 0 N–H and O–H groups in total. The number of halogens is 1. The second-order valence-electron chi connectivity index (χ2n) is 3.45. The number of benzene rings is 1. The van der Waals surface area contributed by atoms with E-state index in [4.69, 9.17) is 0 Å². The topological polar surface area (TPSA) is 22.0 Å². The van der Waals surface area contributed by atoms with Crippen LogP contribution in [0.5, 0.6) is 0 Å². The molecule has 0 amide bonds. The molecule has 0 unspecified atom stereocenters. The molecule has 78 valence electrons. The summed E-state index contributed by atoms with van der Waals surface area (Å²) in [5, 5.41) is 1.16. The fourth-order valence-electron chi connectivity index (χ4n) is 1.90. The van der Waals surface area contributed by atoms with Gasteiger partial charge in [0.25, 0.3) is 0 Å². The van der Waals surface area contributed by atoms with Crippen molar-refractivity contribution in [1.82, 2.24) is 4.57 Å². The molecule has 0 saturated carbocycles. The Morgan fingerprint density at radius 2 is 2.27 bits per heavy atom. The monoisotopic (exact) mass is 265 g/mol. The Labute approximate surface area is 97.0 Å². The molecule has 1 heterocycles. The van der Waals surface area contributed by atoms with E-state index in [-0.39, 0.29) is 0 Å². The number of nitrogens with zero attached hydrogens (tertiary/aromatic N) is 1. The van der Waals surface area contributed by atoms with Crippen molar-refractivity contribution in [2.24, 2.45) is 0 Å². The van der Waals surface area contributed by atoms with Gasteiger partial charge in [0.2, 0.25) is 0 Å². The van der Waals surface area contributed by atoms with Crippen LogP contribution in [0.3, 0.4) is 0 Å². The van der Waals surface area contributed by atoms with Gasteiger partial charge in [0.1, 0.15) is 6.29 Å². The van der Waals surface area contributed by atoms with Crippen LogP contribution in [-0.4, -0.2) is 10.9 Å². The van der Waals surface area contributed by atoms with Crippen LogP contribution in [-0.2, 0) is 17.8 Å². The molecular weight excluding hydrogens is 254 g/mol. The van der Waals surface area contributed by atoms with Crippen LogP contribution in [0.2, 0.25) is 0 Å². The third kappa shape index (κ3) is 1.72. The van der Waals surface area contributed by atoms with Crippen molar-refractivity contribution in [3.05, 3.63) is 34.4 Å². The second-order valence-corrected chi connectivity index (χ2v) is 4.30. The lowest BCUT2D eigenvalue weighted by Gasteiger charge is -2.00. The fraction of sp³-hybridized carbons (Fsp3) is 0.250. The minimum absolute atomic E-state index is 0.478. The van der Waals surface area contributed by atoms with Gasteiger partial charge >= 0.3 is 0 Å². The Morgan fingerprint density at radius 3 is 2.93 bits per heavy atom. The summed E-state index contributed by atoms with van der Waals surface area (Å²) in [4.78, 5) is 10.6. The number of aldehydes is 1. The van der Waals surface area contributed by atoms with Crippen molar-refractivity contribution < 1.29 is 4.79 Å². The largest absolute Gasteiger partial charge is 0.347 e. The molecular formula is C12H12BrNO. The summed E-state index contributed by atoms with van der Waals surface area (Å²) >= 11 is 3.53. The van der Waals surface area contributed by atoms with Gasteiger partial charge in [-0.05, 0) is 24.6 Å². The first-order valence-corrected chi connectivity index (χ1v) is 5.77. The Balaban J connectivity index is 2.75. The molecule has 0 bridgehead atoms. The molecule has 1 aromatic heterocycles. The molecule has 0 aliphatic rings. The Hall–Kier alpha value is -1.09. The lowest BCUT2D eigenvalue weighted by atomic mass is 10.1. The summed E-state index contributed by atoms with van der Waals surface area (Å²) in [5.74, 6) is 0. The van der Waals surface area contributed by atoms with Crippen LogP contribution >= 0.6 is 15.9 Å². The van der Waals surface area contributed by atoms with Crippen LogP contribution in [0.1, 0.15) is 12.5 Å². The van der Waals surface area contributed by atoms with Gasteiger partial charge in [0.15, 0.2) is 0 Å². The number of hydrogen-bond acceptors (Lipinski definition) is 1. The quantitative estimate of drug-likeness (QED) is 0.782. The maximum Gasteiger partial charge on any atom is 0.124 e. The maximum atomic E-state index is 10.6. The molecule has 2 rings (SSSR count). The van der Waals surface area contributed by atoms with E-state index in [2.05, 4.69) is 39.7 Å². The van der Waals surface area contributed by atoms with Crippen LogP contribution in [0.25, 0.3) is 10.9 Å². The SMILES string of the molecule is CCn1cc(CC=O)c2c(Br)cccc21. The Kier molecular flexibility index (Phi) is 2.91. The normalized spacial score (nSPS) is 10.8. The number of carbonyl (C=O) groups is 1. The lowest BCUT2D eigenvalue weighted by Crippen LogP contribution is -1.90. The van der Waals surface area contributed by atoms with Gasteiger partial charge in [-0.25, -0.2) is 0 Å². The van der Waals surface area contributed by atoms with Crippen molar-refractivity contribution in [1.29, 1.82) is 0 Å². The third-order valence-corrected chi connectivity index (χ3v) is 3.24. The average molecular weight is 266 g/mol. The second kappa shape index (κ2) is 4.19. The first-order valence-electron chi connectivity index (χ1n) is 4.97. The van der Waals surface area contributed by atoms with Crippen molar-refractivity contribution >= 4 is 33.1 Å². The highest BCUT2D eigenvalue weighted by Crippen LogP contribution is 2.29. The minimum Gasteiger partial charge on any atom is -0.347 e. The highest BCUT2D eigenvalue weighted by Gasteiger charge is 2.09. The summed E-state index contributed by atoms with van der Waals surface area (Å²) in [6, 6.07) is 6.11. The van der Waals surface area contributed by atoms with E-state index in [1.54, 1.807) is 0 Å². The molecule has 2 aromatic rings. The van der Waals surface area contributed by atoms with Crippen LogP contribution in [0, 0.1) is 0 Å². The van der Waals surface area contributed by atoms with Gasteiger partial charge in [-0.2, -0.15) is 0 Å². The molecule has 0 fully saturated rings. The van der Waals surface area contributed by atoms with Gasteiger partial charge in [0.05, 0.1) is 0 Å². The zero-order valence-electron chi connectivity index (χ0n) is 8.53. The first-order chi connectivity index (χ1) is 7.27. The van der Waals surface area contributed by atoms with E-state index < -0.39 is 0 Å². The van der Waals surface area contributed by atoms with E-state index in [0.29, 0.717) is 6.42 Å². The molecule has 2 nitrogen and oxygen atoms in total. The minimum atomic E-state index is 0.478. The standard InChI is InChI=1S/C12H12BrNO/c1-2-14-8-9(6-7-15)12-10(13)4-3-5-11(12)14/h3-5,7-8H,2,6H2,1H3. The van der Waals surface area contributed by atoms with Crippen LogP contribution in [0.4, 0.5) is 0 Å². The maximum absolute atomic E-state index is 10.6. The van der Waals surface area contributed by atoms with Crippen molar-refractivity contribution in [3.8, 4) is 0 Å². The van der Waals surface area contributed by atoms with E-state index >= 15 is 0 Å². The Morgan fingerprint density at radius 1 is 1.47 bits per heavy atom. The highest BCUT2D eigenvalue weighted by molar-refractivity contribution is 9.10. The molecule has 0 aliphatic heterocycles. The lowest BCUT2D eigenvalue weighted by molar-refractivity contribution is -0.107. The molecule has 15 heavy (non-hydrogen) atoms. The predicted octanol–water partition coefficient (Wildman–Crippen LogP) is 3.17. The first kappa shape index (κ1) is 10.4. The van der Waals surface area contributed by atoms with Crippen LogP contribution < -0.4 is 0 Å². The fourth-order valence-corrected chi connectivity index (χ4v) is 2.51. The van der Waals surface area contributed by atoms with Gasteiger partial charge in [-0.15, -0.1) is 0 Å². The van der Waals surface area contributed by atoms with Crippen molar-refractivity contribution in [2.75, 3.05) is 0 Å². The summed E-state index contributed by atoms with van der Waals surface area (Å²) < 4.78 is 3.22. The van der Waals surface area contributed by atoms with Gasteiger partial charge in [-0.3, -0.25) is 0 Å². The highest BCUT2D eigenvalue weighted by atomic mass is 79.9. The van der Waals surface area contributed by atoms with E-state index in [9.17, 15) is 4.79 Å². The predicted molar refractivity (Wildman–Crippen MR) is 65.1 cm³/mol. The number of carbonyl (C=O) groups excluding carboxylic acids is 1. The van der Waals surface area contributed by atoms with Gasteiger partial charge < -0.3 is 9.36 Å². The Bertz CT molecular complexity index is 502. The number of aromatic nitrogens is 1. The summed E-state index contributed by atoms with van der Waals surface area (Å²) in [7, 11) is 0. The summed E-state index contributed by atoms with van der Waals surface area (Å²) in [5.41, 5.74) is 2.28. The summed E-state index contributed by atoms with van der Waals surface area (Å²) in [6.07, 6.45) is 3.49. The molecule has 0 spiro atoms. The molecule has 3 heteroatoms. The number of aryl methyl sites for hydroxylation is 1. The molecule has 0 aliphatic carbocycles. The van der Waals surface area contributed by atoms with E-state index in [1.165, 1.54) is 5.52 Å². The molecule has 1 aromatic carbocycles. The third-order valence-electron chi connectivity index (χ3n) is 2.58. The van der Waals surface area contributed by atoms with E-state index in [1.807, 2.05) is 12.1 Å². The molecule has 0 saturated heterocycles. The van der Waals surface area contributed by atoms with Gasteiger partial charge in [0, 0.05) is 34.5 Å². The zero-order chi connectivity index (χ0) is 10.8. The summed E-state index contributed by atoms with van der Waals surface area (Å²) in [6.45, 7) is 3.02. The van der Waals surface area contributed by atoms with Crippen LogP contribution in [0.15, 0.2) is 28.9 Å². The number of hydrogen-bond donors (Lipinski definition) is 0. The number of fused-ring (bicyclic) bond motifs is 1. The molecule has 0 atom stereocenters. The van der Waals surface area contributed by atoms with Crippen molar-refractivity contribution in [3.63, 3.8) is 0 Å². The van der Waals surface area contributed by atoms with Crippen molar-refractivity contribution in [2.45, 2.75) is 19.9 Å². The zero-order valence-corrected chi connectivity index (χ0v) is 10.1. The smallest absolute Gasteiger partial charge is 0.124 e.